The molecule has 1 heterocycles. The van der Waals surface area contributed by atoms with E-state index in [-0.39, 0.29) is 17.3 Å². The van der Waals surface area contributed by atoms with Gasteiger partial charge in [-0.2, -0.15) is 0 Å². The molecule has 2 nitrogen and oxygen atoms in total. The monoisotopic (exact) mass is 232 g/mol. The molecule has 2 rings (SSSR count). The van der Waals surface area contributed by atoms with Crippen LogP contribution in [0.4, 0.5) is 0 Å². The normalized spacial score (nSPS) is 19.8. The molecule has 92 valence electrons. The molecular formula is C15H20O2. The molecule has 0 radical (unpaired) electrons. The number of carbonyl (C=O) groups excluding carboxylic acids is 1. The van der Waals surface area contributed by atoms with Gasteiger partial charge in [-0.25, -0.2) is 0 Å². The molecule has 1 aliphatic heterocycles. The Kier molecular flexibility index (Phi) is 2.76. The molecule has 1 aromatic carbocycles. The fourth-order valence-corrected chi connectivity index (χ4v) is 2.28. The van der Waals surface area contributed by atoms with E-state index >= 15 is 0 Å². The van der Waals surface area contributed by atoms with E-state index in [0.29, 0.717) is 6.42 Å². The molecular weight excluding hydrogens is 212 g/mol. The highest BCUT2D eigenvalue weighted by atomic mass is 16.5. The number of aryl methyl sites for hydroxylation is 1. The van der Waals surface area contributed by atoms with Gasteiger partial charge in [0.25, 0.3) is 0 Å². The average molecular weight is 232 g/mol. The first-order valence-corrected chi connectivity index (χ1v) is 6.14. The maximum atomic E-state index is 12.0. The molecule has 1 unspecified atom stereocenters. The van der Waals surface area contributed by atoms with Gasteiger partial charge in [-0.05, 0) is 30.9 Å². The van der Waals surface area contributed by atoms with E-state index in [1.807, 2.05) is 19.9 Å². The number of ketones is 1. The number of carbonyl (C=O) groups is 1. The lowest BCUT2D eigenvalue weighted by Crippen LogP contribution is -2.27. The van der Waals surface area contributed by atoms with Crippen LogP contribution in [-0.2, 0) is 5.41 Å². The van der Waals surface area contributed by atoms with Crippen molar-refractivity contribution in [3.05, 3.63) is 28.8 Å². The van der Waals surface area contributed by atoms with Crippen LogP contribution in [-0.4, -0.2) is 11.9 Å². The van der Waals surface area contributed by atoms with E-state index in [9.17, 15) is 4.79 Å². The predicted octanol–water partition coefficient (Wildman–Crippen LogP) is 3.65. The Labute approximate surface area is 103 Å². The van der Waals surface area contributed by atoms with Gasteiger partial charge in [-0.3, -0.25) is 4.79 Å². The zero-order valence-corrected chi connectivity index (χ0v) is 11.3. The van der Waals surface area contributed by atoms with Crippen LogP contribution >= 0.6 is 0 Å². The Morgan fingerprint density at radius 1 is 1.29 bits per heavy atom. The minimum absolute atomic E-state index is 0.00650. The van der Waals surface area contributed by atoms with E-state index in [4.69, 9.17) is 4.74 Å². The van der Waals surface area contributed by atoms with Gasteiger partial charge in [0.2, 0.25) is 0 Å². The van der Waals surface area contributed by atoms with E-state index in [1.54, 1.807) is 0 Å². The van der Waals surface area contributed by atoms with E-state index in [1.165, 1.54) is 0 Å². The second kappa shape index (κ2) is 3.86. The number of ether oxygens (including phenoxy) is 1. The fourth-order valence-electron chi connectivity index (χ4n) is 2.28. The molecule has 1 atom stereocenters. The van der Waals surface area contributed by atoms with Crippen LogP contribution in [0, 0.1) is 6.92 Å². The molecule has 0 aromatic heterocycles. The summed E-state index contributed by atoms with van der Waals surface area (Å²) >= 11 is 0. The molecule has 0 bridgehead atoms. The molecule has 0 amide bonds. The highest BCUT2D eigenvalue weighted by Crippen LogP contribution is 2.38. The van der Waals surface area contributed by atoms with Crippen LogP contribution in [0.15, 0.2) is 12.1 Å². The summed E-state index contributed by atoms with van der Waals surface area (Å²) in [6.07, 6.45) is 0.471. The number of hydrogen-bond acceptors (Lipinski definition) is 2. The number of Topliss-reactive ketones (excluding diaryl/α,β-unsaturated/α-hetero) is 1. The second-order valence-corrected chi connectivity index (χ2v) is 5.99. The van der Waals surface area contributed by atoms with Crippen LogP contribution < -0.4 is 4.74 Å². The summed E-state index contributed by atoms with van der Waals surface area (Å²) in [6, 6.07) is 4.07. The topological polar surface area (TPSA) is 26.3 Å². The largest absolute Gasteiger partial charge is 0.489 e. The number of fused-ring (bicyclic) bond motifs is 1. The predicted molar refractivity (Wildman–Crippen MR) is 68.9 cm³/mol. The lowest BCUT2D eigenvalue weighted by atomic mass is 9.82. The third-order valence-electron chi connectivity index (χ3n) is 3.13. The number of benzene rings is 1. The quantitative estimate of drug-likeness (QED) is 0.682. The van der Waals surface area contributed by atoms with E-state index < -0.39 is 0 Å². The summed E-state index contributed by atoms with van der Waals surface area (Å²) in [5.74, 6) is 1.000. The van der Waals surface area contributed by atoms with Crippen LogP contribution in [0.25, 0.3) is 0 Å². The third kappa shape index (κ3) is 2.21. The number of rotatable bonds is 0. The maximum absolute atomic E-state index is 12.0. The Bertz CT molecular complexity index is 467. The molecule has 0 aliphatic carbocycles. The molecule has 0 spiro atoms. The molecule has 0 N–H and O–H groups in total. The summed E-state index contributed by atoms with van der Waals surface area (Å²) in [4.78, 5) is 12.0. The first kappa shape index (κ1) is 12.2. The van der Waals surface area contributed by atoms with Crippen LogP contribution in [0.1, 0.15) is 55.6 Å². The van der Waals surface area contributed by atoms with Crippen molar-refractivity contribution in [1.29, 1.82) is 0 Å². The van der Waals surface area contributed by atoms with Crippen molar-refractivity contribution in [2.45, 2.75) is 52.6 Å². The first-order chi connectivity index (χ1) is 7.79. The Balaban J connectivity index is 2.66. The zero-order valence-electron chi connectivity index (χ0n) is 11.3. The standard InChI is InChI=1S/C15H20O2/c1-9-6-11-13(16)8-10(2)17-14(11)12(7-9)15(3,4)5/h6-7,10H,8H2,1-5H3. The summed E-state index contributed by atoms with van der Waals surface area (Å²) in [5.41, 5.74) is 3.01. The highest BCUT2D eigenvalue weighted by molar-refractivity contribution is 6.00. The molecule has 0 fully saturated rings. The van der Waals surface area contributed by atoms with E-state index in [2.05, 4.69) is 26.8 Å². The Hall–Kier alpha value is -1.31. The summed E-state index contributed by atoms with van der Waals surface area (Å²) in [5, 5.41) is 0. The first-order valence-electron chi connectivity index (χ1n) is 6.14. The Morgan fingerprint density at radius 2 is 1.94 bits per heavy atom. The van der Waals surface area contributed by atoms with Crippen LogP contribution in [0.5, 0.6) is 5.75 Å². The molecule has 2 heteroatoms. The molecule has 1 aliphatic rings. The van der Waals surface area contributed by atoms with Crippen molar-refractivity contribution in [2.75, 3.05) is 0 Å². The molecule has 0 saturated heterocycles. The van der Waals surface area contributed by atoms with Gasteiger partial charge < -0.3 is 4.74 Å². The van der Waals surface area contributed by atoms with Crippen molar-refractivity contribution in [3.8, 4) is 5.75 Å². The average Bonchev–Trinajstić information content (AvgIpc) is 2.16. The Morgan fingerprint density at radius 3 is 2.53 bits per heavy atom. The van der Waals surface area contributed by atoms with Gasteiger partial charge in [-0.15, -0.1) is 0 Å². The second-order valence-electron chi connectivity index (χ2n) is 5.99. The maximum Gasteiger partial charge on any atom is 0.170 e. The smallest absolute Gasteiger partial charge is 0.170 e. The van der Waals surface area contributed by atoms with Crippen molar-refractivity contribution < 1.29 is 9.53 Å². The highest BCUT2D eigenvalue weighted by Gasteiger charge is 2.30. The molecule has 0 saturated carbocycles. The van der Waals surface area contributed by atoms with Crippen molar-refractivity contribution in [1.82, 2.24) is 0 Å². The van der Waals surface area contributed by atoms with Gasteiger partial charge in [0.05, 0.1) is 5.56 Å². The summed E-state index contributed by atoms with van der Waals surface area (Å²) < 4.78 is 5.89. The zero-order chi connectivity index (χ0) is 12.8. The third-order valence-corrected chi connectivity index (χ3v) is 3.13. The van der Waals surface area contributed by atoms with Crippen LogP contribution in [0.3, 0.4) is 0 Å². The minimum atomic E-state index is -0.0150. The molecule has 17 heavy (non-hydrogen) atoms. The van der Waals surface area contributed by atoms with Gasteiger partial charge in [0.15, 0.2) is 5.78 Å². The lowest BCUT2D eigenvalue weighted by molar-refractivity contribution is 0.0867. The van der Waals surface area contributed by atoms with Crippen molar-refractivity contribution in [2.24, 2.45) is 0 Å². The van der Waals surface area contributed by atoms with E-state index in [0.717, 1.165) is 22.4 Å². The van der Waals surface area contributed by atoms with Crippen molar-refractivity contribution >= 4 is 5.78 Å². The van der Waals surface area contributed by atoms with Gasteiger partial charge in [0.1, 0.15) is 11.9 Å². The SMILES string of the molecule is Cc1cc2c(c(C(C)(C)C)c1)OC(C)CC2=O. The lowest BCUT2D eigenvalue weighted by Gasteiger charge is -2.30. The number of hydrogen-bond donors (Lipinski definition) is 0. The van der Waals surface area contributed by atoms with Crippen LogP contribution in [0.2, 0.25) is 0 Å². The van der Waals surface area contributed by atoms with Gasteiger partial charge >= 0.3 is 0 Å². The minimum Gasteiger partial charge on any atom is -0.489 e. The van der Waals surface area contributed by atoms with Gasteiger partial charge in [0, 0.05) is 12.0 Å². The summed E-state index contributed by atoms with van der Waals surface area (Å²) in [6.45, 7) is 10.4. The van der Waals surface area contributed by atoms with Gasteiger partial charge in [-0.1, -0.05) is 26.8 Å². The fraction of sp³-hybridized carbons (Fsp3) is 0.533. The molecule has 1 aromatic rings. The summed E-state index contributed by atoms with van der Waals surface area (Å²) in [7, 11) is 0. The van der Waals surface area contributed by atoms with Crippen molar-refractivity contribution in [3.63, 3.8) is 0 Å².